The molecule has 0 saturated carbocycles. The lowest BCUT2D eigenvalue weighted by Crippen LogP contribution is -2.27. The summed E-state index contributed by atoms with van der Waals surface area (Å²) in [6.07, 6.45) is 4.97. The summed E-state index contributed by atoms with van der Waals surface area (Å²) in [5, 5.41) is 10.1. The van der Waals surface area contributed by atoms with Crippen molar-refractivity contribution in [2.45, 2.75) is 64.8 Å². The summed E-state index contributed by atoms with van der Waals surface area (Å²) >= 11 is 1.51. The van der Waals surface area contributed by atoms with Gasteiger partial charge in [0.1, 0.15) is 10.7 Å². The molecular formula is C17H22N2O3S. The first-order valence-electron chi connectivity index (χ1n) is 8.36. The van der Waals surface area contributed by atoms with Crippen molar-refractivity contribution in [3.05, 3.63) is 26.6 Å². The van der Waals surface area contributed by atoms with E-state index < -0.39 is 11.9 Å². The average Bonchev–Trinajstić information content (AvgIpc) is 2.91. The summed E-state index contributed by atoms with van der Waals surface area (Å²) in [6, 6.07) is 0. The summed E-state index contributed by atoms with van der Waals surface area (Å²) in [4.78, 5) is 31.1. The van der Waals surface area contributed by atoms with Gasteiger partial charge in [-0.15, -0.1) is 11.3 Å². The zero-order valence-electron chi connectivity index (χ0n) is 13.6. The minimum atomic E-state index is -0.829. The van der Waals surface area contributed by atoms with Gasteiger partial charge in [0, 0.05) is 17.8 Å². The van der Waals surface area contributed by atoms with E-state index in [4.69, 9.17) is 4.98 Å². The Morgan fingerprint density at radius 1 is 1.43 bits per heavy atom. The summed E-state index contributed by atoms with van der Waals surface area (Å²) in [5.41, 5.74) is 0.695. The van der Waals surface area contributed by atoms with Crippen molar-refractivity contribution < 1.29 is 9.90 Å². The molecule has 124 valence electrons. The van der Waals surface area contributed by atoms with Crippen LogP contribution in [0.5, 0.6) is 0 Å². The van der Waals surface area contributed by atoms with E-state index in [0.29, 0.717) is 24.8 Å². The largest absolute Gasteiger partial charge is 0.481 e. The predicted octanol–water partition coefficient (Wildman–Crippen LogP) is 3.33. The van der Waals surface area contributed by atoms with Crippen molar-refractivity contribution in [3.63, 3.8) is 0 Å². The van der Waals surface area contributed by atoms with Crippen molar-refractivity contribution in [2.75, 3.05) is 0 Å². The Morgan fingerprint density at radius 3 is 2.87 bits per heavy atom. The highest BCUT2D eigenvalue weighted by atomic mass is 32.1. The van der Waals surface area contributed by atoms with Gasteiger partial charge in [-0.1, -0.05) is 20.3 Å². The van der Waals surface area contributed by atoms with Gasteiger partial charge in [-0.05, 0) is 31.2 Å². The molecule has 0 saturated heterocycles. The summed E-state index contributed by atoms with van der Waals surface area (Å²) in [6.45, 7) is 4.75. The number of nitrogens with zero attached hydrogens (tertiary/aromatic N) is 2. The molecule has 0 amide bonds. The van der Waals surface area contributed by atoms with Crippen LogP contribution < -0.4 is 5.56 Å². The molecule has 0 bridgehead atoms. The van der Waals surface area contributed by atoms with Crippen LogP contribution >= 0.6 is 11.3 Å². The number of hydrogen-bond donors (Lipinski definition) is 1. The smallest absolute Gasteiger partial charge is 0.311 e. The third-order valence-corrected chi connectivity index (χ3v) is 5.76. The fraction of sp³-hybridized carbons (Fsp3) is 0.588. The molecule has 2 aromatic rings. The molecule has 1 N–H and O–H groups in total. The number of carbonyl (C=O) groups is 1. The molecule has 2 heterocycles. The molecule has 6 heteroatoms. The summed E-state index contributed by atoms with van der Waals surface area (Å²) in [7, 11) is 0. The zero-order valence-corrected chi connectivity index (χ0v) is 14.4. The first kappa shape index (κ1) is 16.2. The van der Waals surface area contributed by atoms with E-state index in [1.165, 1.54) is 11.3 Å². The molecule has 0 aliphatic heterocycles. The summed E-state index contributed by atoms with van der Waals surface area (Å²) < 4.78 is 1.76. The van der Waals surface area contributed by atoms with Crippen LogP contribution in [0.25, 0.3) is 10.2 Å². The van der Waals surface area contributed by atoms with Crippen LogP contribution in [0.4, 0.5) is 0 Å². The van der Waals surface area contributed by atoms with Gasteiger partial charge in [0.2, 0.25) is 0 Å². The number of aryl methyl sites for hydroxylation is 2. The van der Waals surface area contributed by atoms with Gasteiger partial charge in [0.05, 0.1) is 11.3 Å². The molecule has 3 rings (SSSR count). The molecule has 0 spiro atoms. The molecule has 23 heavy (non-hydrogen) atoms. The van der Waals surface area contributed by atoms with Gasteiger partial charge in [-0.3, -0.25) is 14.2 Å². The van der Waals surface area contributed by atoms with Crippen LogP contribution in [0.15, 0.2) is 4.79 Å². The maximum atomic E-state index is 13.1. The van der Waals surface area contributed by atoms with Gasteiger partial charge in [-0.2, -0.15) is 0 Å². The average molecular weight is 334 g/mol. The Morgan fingerprint density at radius 2 is 2.22 bits per heavy atom. The predicted molar refractivity (Wildman–Crippen MR) is 91.5 cm³/mol. The number of hydrogen-bond acceptors (Lipinski definition) is 4. The molecular weight excluding hydrogens is 312 g/mol. The van der Waals surface area contributed by atoms with Crippen molar-refractivity contribution in [1.29, 1.82) is 0 Å². The minimum Gasteiger partial charge on any atom is -0.481 e. The monoisotopic (exact) mass is 334 g/mol. The van der Waals surface area contributed by atoms with Gasteiger partial charge in [0.25, 0.3) is 5.56 Å². The molecule has 1 aliphatic carbocycles. The molecule has 1 atom stereocenters. The van der Waals surface area contributed by atoms with E-state index in [9.17, 15) is 14.7 Å². The fourth-order valence-electron chi connectivity index (χ4n) is 3.42. The molecule has 5 nitrogen and oxygen atoms in total. The molecule has 0 fully saturated rings. The van der Waals surface area contributed by atoms with Crippen molar-refractivity contribution in [1.82, 2.24) is 9.55 Å². The van der Waals surface area contributed by atoms with E-state index in [1.807, 2.05) is 6.92 Å². The first-order valence-corrected chi connectivity index (χ1v) is 9.17. The van der Waals surface area contributed by atoms with E-state index in [0.717, 1.165) is 46.8 Å². The third-order valence-electron chi connectivity index (χ3n) is 4.60. The lowest BCUT2D eigenvalue weighted by molar-refractivity contribution is -0.139. The second-order valence-corrected chi connectivity index (χ2v) is 7.18. The highest BCUT2D eigenvalue weighted by Crippen LogP contribution is 2.40. The highest BCUT2D eigenvalue weighted by molar-refractivity contribution is 7.18. The van der Waals surface area contributed by atoms with Crippen LogP contribution in [-0.2, 0) is 24.2 Å². The SMILES string of the molecule is CCCCn1c(CC)nc2sc3c(c2c1=O)C(C(=O)O)CCC3. The van der Waals surface area contributed by atoms with Crippen molar-refractivity contribution in [2.24, 2.45) is 0 Å². The summed E-state index contributed by atoms with van der Waals surface area (Å²) in [5.74, 6) is -0.583. The highest BCUT2D eigenvalue weighted by Gasteiger charge is 2.32. The third kappa shape index (κ3) is 2.69. The number of thiophene rings is 1. The van der Waals surface area contributed by atoms with Crippen LogP contribution in [-0.4, -0.2) is 20.6 Å². The molecule has 2 aromatic heterocycles. The topological polar surface area (TPSA) is 72.2 Å². The Labute approximate surface area is 139 Å². The van der Waals surface area contributed by atoms with Gasteiger partial charge in [0.15, 0.2) is 0 Å². The maximum Gasteiger partial charge on any atom is 0.311 e. The number of carboxylic acid groups (broad SMARTS) is 1. The fourth-order valence-corrected chi connectivity index (χ4v) is 4.71. The zero-order chi connectivity index (χ0) is 16.6. The van der Waals surface area contributed by atoms with E-state index >= 15 is 0 Å². The second kappa shape index (κ2) is 6.43. The van der Waals surface area contributed by atoms with E-state index in [2.05, 4.69) is 6.92 Å². The molecule has 0 radical (unpaired) electrons. The van der Waals surface area contributed by atoms with Crippen LogP contribution in [0.1, 0.15) is 61.7 Å². The maximum absolute atomic E-state index is 13.1. The Hall–Kier alpha value is -1.69. The Bertz CT molecular complexity index is 806. The number of carboxylic acids is 1. The lowest BCUT2D eigenvalue weighted by atomic mass is 9.86. The molecule has 0 aromatic carbocycles. The van der Waals surface area contributed by atoms with Crippen molar-refractivity contribution >= 4 is 27.5 Å². The van der Waals surface area contributed by atoms with E-state index in [1.54, 1.807) is 4.57 Å². The van der Waals surface area contributed by atoms with E-state index in [-0.39, 0.29) is 5.56 Å². The Balaban J connectivity index is 2.27. The molecule has 1 unspecified atom stereocenters. The van der Waals surface area contributed by atoms with Gasteiger partial charge in [-0.25, -0.2) is 4.98 Å². The Kier molecular flexibility index (Phi) is 4.53. The van der Waals surface area contributed by atoms with Crippen LogP contribution in [0, 0.1) is 0 Å². The number of aliphatic carboxylic acids is 1. The quantitative estimate of drug-likeness (QED) is 0.910. The van der Waals surface area contributed by atoms with Gasteiger partial charge < -0.3 is 5.11 Å². The van der Waals surface area contributed by atoms with Crippen LogP contribution in [0.2, 0.25) is 0 Å². The number of fused-ring (bicyclic) bond motifs is 3. The molecule has 1 aliphatic rings. The number of unbranched alkanes of at least 4 members (excludes halogenated alkanes) is 1. The first-order chi connectivity index (χ1) is 11.1. The van der Waals surface area contributed by atoms with Crippen molar-refractivity contribution in [3.8, 4) is 0 Å². The number of aromatic nitrogens is 2. The normalized spacial score (nSPS) is 17.4. The minimum absolute atomic E-state index is 0.0500. The second-order valence-electron chi connectivity index (χ2n) is 6.09. The van der Waals surface area contributed by atoms with Crippen LogP contribution in [0.3, 0.4) is 0 Å². The lowest BCUT2D eigenvalue weighted by Gasteiger charge is -2.19. The standard InChI is InChI=1S/C17H22N2O3S/c1-3-5-9-19-12(4-2)18-15-14(16(19)20)13-10(17(21)22)7-6-8-11(13)23-15/h10H,3-9H2,1-2H3,(H,21,22). The van der Waals surface area contributed by atoms with Gasteiger partial charge >= 0.3 is 5.97 Å². The number of rotatable bonds is 5.